The molecule has 2 N–H and O–H groups in total. The third kappa shape index (κ3) is 4.29. The Balaban J connectivity index is 1.61. The Morgan fingerprint density at radius 1 is 1.12 bits per heavy atom. The van der Waals surface area contributed by atoms with E-state index in [1.807, 2.05) is 24.3 Å². The molecule has 1 aliphatic heterocycles. The number of aromatic nitrogens is 1. The molecule has 2 fully saturated rings. The maximum absolute atomic E-state index is 14.5. The normalized spacial score (nSPS) is 17.7. The highest BCUT2D eigenvalue weighted by Gasteiger charge is 2.24. The highest BCUT2D eigenvalue weighted by Crippen LogP contribution is 2.41. The summed E-state index contributed by atoms with van der Waals surface area (Å²) in [6.07, 6.45) is 3.53. The Bertz CT molecular complexity index is 1280. The summed E-state index contributed by atoms with van der Waals surface area (Å²) < 4.78 is 16.2. The van der Waals surface area contributed by atoms with Gasteiger partial charge in [0.2, 0.25) is 0 Å². The van der Waals surface area contributed by atoms with Gasteiger partial charge in [-0.25, -0.2) is 4.39 Å². The van der Waals surface area contributed by atoms with Crippen LogP contribution < -0.4 is 16.2 Å². The molecule has 1 aliphatic carbocycles. The van der Waals surface area contributed by atoms with Crippen LogP contribution in [0.2, 0.25) is 0 Å². The fourth-order valence-electron chi connectivity index (χ4n) is 4.68. The maximum atomic E-state index is 14.5. The number of nitrogens with one attached hydrogen (secondary N) is 2. The summed E-state index contributed by atoms with van der Waals surface area (Å²) in [5, 5.41) is 15.8. The minimum atomic E-state index is -0.564. The highest BCUT2D eigenvalue weighted by molar-refractivity contribution is 5.83. The molecule has 6 heteroatoms. The minimum absolute atomic E-state index is 0.00554. The molecule has 0 spiro atoms. The molecule has 2 aromatic carbocycles. The van der Waals surface area contributed by atoms with Crippen LogP contribution in [0.3, 0.4) is 0 Å². The van der Waals surface area contributed by atoms with Gasteiger partial charge in [-0.1, -0.05) is 30.3 Å². The summed E-state index contributed by atoms with van der Waals surface area (Å²) in [6, 6.07) is 16.7. The predicted molar refractivity (Wildman–Crippen MR) is 129 cm³/mol. The first-order valence-corrected chi connectivity index (χ1v) is 11.5. The van der Waals surface area contributed by atoms with Crippen LogP contribution in [-0.4, -0.2) is 24.2 Å². The van der Waals surface area contributed by atoms with Crippen molar-refractivity contribution in [2.75, 3.05) is 25.0 Å². The van der Waals surface area contributed by atoms with Crippen molar-refractivity contribution in [2.24, 2.45) is 13.0 Å². The van der Waals surface area contributed by atoms with Crippen LogP contribution in [0, 0.1) is 23.1 Å². The van der Waals surface area contributed by atoms with E-state index in [2.05, 4.69) is 22.8 Å². The molecule has 1 atom stereocenters. The Morgan fingerprint density at radius 2 is 1.88 bits per heavy atom. The van der Waals surface area contributed by atoms with E-state index in [-0.39, 0.29) is 11.1 Å². The van der Waals surface area contributed by atoms with Crippen LogP contribution in [-0.2, 0) is 7.05 Å². The first-order valence-electron chi connectivity index (χ1n) is 11.5. The van der Waals surface area contributed by atoms with Gasteiger partial charge in [0.05, 0.1) is 11.3 Å². The summed E-state index contributed by atoms with van der Waals surface area (Å²) in [6.45, 7) is 2.64. The molecule has 1 saturated heterocycles. The molecule has 5 nitrogen and oxygen atoms in total. The summed E-state index contributed by atoms with van der Waals surface area (Å²) >= 11 is 0. The van der Waals surface area contributed by atoms with Gasteiger partial charge in [-0.3, -0.25) is 4.79 Å². The van der Waals surface area contributed by atoms with Crippen molar-refractivity contribution in [3.63, 3.8) is 0 Å². The molecule has 33 heavy (non-hydrogen) atoms. The Hall–Kier alpha value is -3.43. The van der Waals surface area contributed by atoms with Crippen molar-refractivity contribution in [3.8, 4) is 28.5 Å². The highest BCUT2D eigenvalue weighted by atomic mass is 19.1. The number of benzene rings is 2. The quantitative estimate of drug-likeness (QED) is 0.584. The number of hydrogen-bond donors (Lipinski definition) is 2. The Labute approximate surface area is 192 Å². The second kappa shape index (κ2) is 8.84. The van der Waals surface area contributed by atoms with Crippen molar-refractivity contribution < 1.29 is 4.39 Å². The number of pyridine rings is 1. The van der Waals surface area contributed by atoms with E-state index in [0.717, 1.165) is 36.3 Å². The first-order chi connectivity index (χ1) is 16.0. The Morgan fingerprint density at radius 3 is 2.52 bits per heavy atom. The van der Waals surface area contributed by atoms with E-state index in [0.29, 0.717) is 29.6 Å². The van der Waals surface area contributed by atoms with Crippen molar-refractivity contribution in [3.05, 3.63) is 75.8 Å². The summed E-state index contributed by atoms with van der Waals surface area (Å²) in [5.74, 6) is 0.553. The maximum Gasteiger partial charge on any atom is 0.274 e. The van der Waals surface area contributed by atoms with Gasteiger partial charge in [-0.2, -0.15) is 5.26 Å². The van der Waals surface area contributed by atoms with Crippen molar-refractivity contribution in [2.45, 2.75) is 25.2 Å². The van der Waals surface area contributed by atoms with Crippen molar-refractivity contribution in [1.29, 1.82) is 5.26 Å². The SMILES string of the molecule is Cn1c(-c2ccc(C3CC3)cc2)c(-c2ccc(C#N)c(F)c2)cc(NC[C@H]2CCNC2)c1=O. The average molecular weight is 443 g/mol. The lowest BCUT2D eigenvalue weighted by Crippen LogP contribution is -2.26. The molecule has 168 valence electrons. The zero-order valence-electron chi connectivity index (χ0n) is 18.7. The van der Waals surface area contributed by atoms with E-state index < -0.39 is 5.82 Å². The molecule has 1 aromatic heterocycles. The number of nitrogens with zero attached hydrogens (tertiary/aromatic N) is 2. The molecular formula is C27H27FN4O. The van der Waals surface area contributed by atoms with Crippen LogP contribution in [0.5, 0.6) is 0 Å². The monoisotopic (exact) mass is 442 g/mol. The molecule has 0 amide bonds. The summed E-state index contributed by atoms with van der Waals surface area (Å²) in [7, 11) is 1.76. The van der Waals surface area contributed by atoms with E-state index in [1.165, 1.54) is 30.5 Å². The van der Waals surface area contributed by atoms with Gasteiger partial charge in [0.25, 0.3) is 5.56 Å². The molecule has 0 radical (unpaired) electrons. The van der Waals surface area contributed by atoms with Crippen molar-refractivity contribution >= 4 is 5.69 Å². The molecule has 2 heterocycles. The van der Waals surface area contributed by atoms with Gasteiger partial charge in [-0.05, 0) is 79.1 Å². The van der Waals surface area contributed by atoms with Gasteiger partial charge >= 0.3 is 0 Å². The summed E-state index contributed by atoms with van der Waals surface area (Å²) in [5.41, 5.74) is 4.75. The molecule has 5 rings (SSSR count). The number of rotatable bonds is 6. The smallest absolute Gasteiger partial charge is 0.274 e. The minimum Gasteiger partial charge on any atom is -0.380 e. The van der Waals surface area contributed by atoms with E-state index in [1.54, 1.807) is 17.7 Å². The van der Waals surface area contributed by atoms with Crippen LogP contribution in [0.1, 0.15) is 36.3 Å². The molecule has 1 saturated carbocycles. The second-order valence-electron chi connectivity index (χ2n) is 9.13. The van der Waals surface area contributed by atoms with Gasteiger partial charge in [-0.15, -0.1) is 0 Å². The van der Waals surface area contributed by atoms with Gasteiger partial charge < -0.3 is 15.2 Å². The molecule has 3 aromatic rings. The first kappa shape index (κ1) is 21.4. The van der Waals surface area contributed by atoms with Gasteiger partial charge in [0.1, 0.15) is 17.6 Å². The van der Waals surface area contributed by atoms with E-state index >= 15 is 0 Å². The van der Waals surface area contributed by atoms with Crippen LogP contribution in [0.15, 0.2) is 53.3 Å². The fourth-order valence-corrected chi connectivity index (χ4v) is 4.68. The lowest BCUT2D eigenvalue weighted by molar-refractivity contribution is 0.614. The van der Waals surface area contributed by atoms with Crippen LogP contribution >= 0.6 is 0 Å². The zero-order chi connectivity index (χ0) is 22.9. The second-order valence-corrected chi connectivity index (χ2v) is 9.13. The number of halogens is 1. The topological polar surface area (TPSA) is 69.8 Å². The Kier molecular flexibility index (Phi) is 5.74. The lowest BCUT2D eigenvalue weighted by Gasteiger charge is -2.19. The largest absolute Gasteiger partial charge is 0.380 e. The van der Waals surface area contributed by atoms with E-state index in [4.69, 9.17) is 5.26 Å². The van der Waals surface area contributed by atoms with Crippen molar-refractivity contribution in [1.82, 2.24) is 9.88 Å². The number of nitriles is 1. The lowest BCUT2D eigenvalue weighted by atomic mass is 9.96. The standard InChI is InChI=1S/C27H27FN4O/c1-32-26(20-6-4-19(5-7-20)18-2-3-18)23(21-8-9-22(14-29)24(28)12-21)13-25(27(32)33)31-16-17-10-11-30-15-17/h4-9,12-13,17-18,30-31H,2-3,10-11,15-16H2,1H3/t17-/m0/s1. The summed E-state index contributed by atoms with van der Waals surface area (Å²) in [4.78, 5) is 13.3. The molecule has 2 aliphatic rings. The van der Waals surface area contributed by atoms with Gasteiger partial charge in [0.15, 0.2) is 0 Å². The number of hydrogen-bond acceptors (Lipinski definition) is 4. The fraction of sp³-hybridized carbons (Fsp3) is 0.333. The third-order valence-electron chi connectivity index (χ3n) is 6.79. The van der Waals surface area contributed by atoms with Crippen LogP contribution in [0.25, 0.3) is 22.4 Å². The van der Waals surface area contributed by atoms with Gasteiger partial charge in [0, 0.05) is 19.2 Å². The average Bonchev–Trinajstić information content (AvgIpc) is 3.55. The zero-order valence-corrected chi connectivity index (χ0v) is 18.7. The predicted octanol–water partition coefficient (Wildman–Crippen LogP) is 4.63. The molecule has 0 bridgehead atoms. The van der Waals surface area contributed by atoms with Crippen LogP contribution in [0.4, 0.5) is 10.1 Å². The number of anilines is 1. The molecular weight excluding hydrogens is 415 g/mol. The van der Waals surface area contributed by atoms with E-state index in [9.17, 15) is 9.18 Å². The third-order valence-corrected chi connectivity index (χ3v) is 6.79. The molecule has 0 unspecified atom stereocenters.